The van der Waals surface area contributed by atoms with Gasteiger partial charge >= 0.3 is 0 Å². The van der Waals surface area contributed by atoms with Gasteiger partial charge in [0.2, 0.25) is 0 Å². The monoisotopic (exact) mass is 193 g/mol. The third-order valence-electron chi connectivity index (χ3n) is 3.24. The Morgan fingerprint density at radius 1 is 1.64 bits per heavy atom. The molecule has 1 unspecified atom stereocenters. The summed E-state index contributed by atoms with van der Waals surface area (Å²) >= 11 is 0. The van der Waals surface area contributed by atoms with Gasteiger partial charge in [-0.05, 0) is 25.7 Å². The number of nitrogens with zero attached hydrogens (tertiary/aromatic N) is 2. The Morgan fingerprint density at radius 3 is 2.93 bits per heavy atom. The maximum atomic E-state index is 4.15. The summed E-state index contributed by atoms with van der Waals surface area (Å²) in [6.45, 7) is 3.24. The topological polar surface area (TPSA) is 29.9 Å². The molecular formula is C11H19N3. The van der Waals surface area contributed by atoms with Crippen molar-refractivity contribution in [3.8, 4) is 0 Å². The predicted molar refractivity (Wildman–Crippen MR) is 56.9 cm³/mol. The standard InChI is InChI=1S/C11H19N3/c1-9(11-4-3-5-11)12-6-10-7-13-14(2)8-10/h7-9,11-12H,3-6H2,1-2H3. The van der Waals surface area contributed by atoms with Crippen LogP contribution in [-0.2, 0) is 13.6 Å². The molecule has 1 fully saturated rings. The Morgan fingerprint density at radius 2 is 2.43 bits per heavy atom. The lowest BCUT2D eigenvalue weighted by Gasteiger charge is -2.31. The van der Waals surface area contributed by atoms with Crippen molar-refractivity contribution in [3.05, 3.63) is 18.0 Å². The SMILES string of the molecule is CC(NCc1cnn(C)c1)C1CCC1. The van der Waals surface area contributed by atoms with Crippen LogP contribution in [0.3, 0.4) is 0 Å². The van der Waals surface area contributed by atoms with Gasteiger partial charge in [0.05, 0.1) is 6.20 Å². The van der Waals surface area contributed by atoms with E-state index in [0.29, 0.717) is 6.04 Å². The minimum atomic E-state index is 0.656. The summed E-state index contributed by atoms with van der Waals surface area (Å²) in [7, 11) is 1.96. The number of nitrogens with one attached hydrogen (secondary N) is 1. The van der Waals surface area contributed by atoms with E-state index >= 15 is 0 Å². The normalized spacial score (nSPS) is 19.3. The maximum absolute atomic E-state index is 4.15. The quantitative estimate of drug-likeness (QED) is 0.788. The van der Waals surface area contributed by atoms with E-state index in [-0.39, 0.29) is 0 Å². The highest BCUT2D eigenvalue weighted by Crippen LogP contribution is 2.29. The van der Waals surface area contributed by atoms with Gasteiger partial charge in [0, 0.05) is 31.4 Å². The second-order valence-corrected chi connectivity index (χ2v) is 4.38. The van der Waals surface area contributed by atoms with Crippen LogP contribution in [0.25, 0.3) is 0 Å². The molecule has 1 aromatic heterocycles. The third-order valence-corrected chi connectivity index (χ3v) is 3.24. The summed E-state index contributed by atoms with van der Waals surface area (Å²) in [6, 6.07) is 0.656. The Bertz CT molecular complexity index is 288. The molecule has 1 aliphatic rings. The van der Waals surface area contributed by atoms with Gasteiger partial charge in [-0.2, -0.15) is 5.10 Å². The van der Waals surface area contributed by atoms with E-state index in [1.54, 1.807) is 0 Å². The van der Waals surface area contributed by atoms with Crippen LogP contribution >= 0.6 is 0 Å². The van der Waals surface area contributed by atoms with E-state index < -0.39 is 0 Å². The van der Waals surface area contributed by atoms with Crippen LogP contribution in [0.1, 0.15) is 31.7 Å². The summed E-state index contributed by atoms with van der Waals surface area (Å²) in [5, 5.41) is 7.71. The summed E-state index contributed by atoms with van der Waals surface area (Å²) in [4.78, 5) is 0. The molecule has 1 atom stereocenters. The van der Waals surface area contributed by atoms with Crippen molar-refractivity contribution in [2.45, 2.75) is 38.8 Å². The fourth-order valence-corrected chi connectivity index (χ4v) is 1.95. The fourth-order valence-electron chi connectivity index (χ4n) is 1.95. The molecule has 1 saturated carbocycles. The lowest BCUT2D eigenvalue weighted by Crippen LogP contribution is -2.36. The largest absolute Gasteiger partial charge is 0.310 e. The number of rotatable bonds is 4. The van der Waals surface area contributed by atoms with E-state index in [2.05, 4.69) is 23.5 Å². The van der Waals surface area contributed by atoms with Crippen LogP contribution in [-0.4, -0.2) is 15.8 Å². The Labute approximate surface area is 85.5 Å². The van der Waals surface area contributed by atoms with Gasteiger partial charge in [0.1, 0.15) is 0 Å². The molecule has 78 valence electrons. The minimum absolute atomic E-state index is 0.656. The first-order chi connectivity index (χ1) is 6.75. The second kappa shape index (κ2) is 4.13. The van der Waals surface area contributed by atoms with Crippen LogP contribution < -0.4 is 5.32 Å². The molecule has 0 spiro atoms. The Hall–Kier alpha value is -0.830. The van der Waals surface area contributed by atoms with Crippen molar-refractivity contribution >= 4 is 0 Å². The molecular weight excluding hydrogens is 174 g/mol. The number of hydrogen-bond donors (Lipinski definition) is 1. The van der Waals surface area contributed by atoms with Crippen LogP contribution in [0.2, 0.25) is 0 Å². The molecule has 3 nitrogen and oxygen atoms in total. The van der Waals surface area contributed by atoms with Crippen LogP contribution in [0.15, 0.2) is 12.4 Å². The maximum Gasteiger partial charge on any atom is 0.0534 e. The molecule has 0 aromatic carbocycles. The van der Waals surface area contributed by atoms with Crippen LogP contribution in [0.5, 0.6) is 0 Å². The van der Waals surface area contributed by atoms with Crippen molar-refractivity contribution in [1.82, 2.24) is 15.1 Å². The molecule has 1 heterocycles. The van der Waals surface area contributed by atoms with Crippen molar-refractivity contribution in [2.75, 3.05) is 0 Å². The van der Waals surface area contributed by atoms with Gasteiger partial charge in [-0.3, -0.25) is 4.68 Å². The van der Waals surface area contributed by atoms with Gasteiger partial charge in [-0.1, -0.05) is 6.42 Å². The van der Waals surface area contributed by atoms with E-state index in [4.69, 9.17) is 0 Å². The molecule has 0 bridgehead atoms. The average molecular weight is 193 g/mol. The van der Waals surface area contributed by atoms with E-state index in [1.165, 1.54) is 24.8 Å². The first-order valence-electron chi connectivity index (χ1n) is 5.46. The summed E-state index contributed by atoms with van der Waals surface area (Å²) in [5.74, 6) is 0.909. The summed E-state index contributed by atoms with van der Waals surface area (Å²) < 4.78 is 1.85. The average Bonchev–Trinajstić information content (AvgIpc) is 2.45. The molecule has 1 N–H and O–H groups in total. The first kappa shape index (κ1) is 9.71. The number of aromatic nitrogens is 2. The van der Waals surface area contributed by atoms with E-state index in [0.717, 1.165) is 12.5 Å². The van der Waals surface area contributed by atoms with Crippen LogP contribution in [0, 0.1) is 5.92 Å². The molecule has 2 rings (SSSR count). The smallest absolute Gasteiger partial charge is 0.0534 e. The lowest BCUT2D eigenvalue weighted by molar-refractivity contribution is 0.240. The van der Waals surface area contributed by atoms with Gasteiger partial charge in [-0.15, -0.1) is 0 Å². The predicted octanol–water partition coefficient (Wildman–Crippen LogP) is 1.70. The third kappa shape index (κ3) is 2.15. The zero-order valence-corrected chi connectivity index (χ0v) is 9.03. The lowest BCUT2D eigenvalue weighted by atomic mass is 9.80. The van der Waals surface area contributed by atoms with Gasteiger partial charge in [0.25, 0.3) is 0 Å². The van der Waals surface area contributed by atoms with E-state index in [9.17, 15) is 0 Å². The van der Waals surface area contributed by atoms with Gasteiger partial charge in [-0.25, -0.2) is 0 Å². The molecule has 3 heteroatoms. The zero-order chi connectivity index (χ0) is 9.97. The Kier molecular flexibility index (Phi) is 2.87. The molecule has 0 saturated heterocycles. The van der Waals surface area contributed by atoms with Gasteiger partial charge in [0.15, 0.2) is 0 Å². The highest BCUT2D eigenvalue weighted by Gasteiger charge is 2.23. The summed E-state index contributed by atoms with van der Waals surface area (Å²) in [5.41, 5.74) is 1.28. The van der Waals surface area contributed by atoms with Crippen molar-refractivity contribution < 1.29 is 0 Å². The molecule has 1 aliphatic carbocycles. The second-order valence-electron chi connectivity index (χ2n) is 4.38. The molecule has 1 aromatic rings. The molecule has 0 radical (unpaired) electrons. The van der Waals surface area contributed by atoms with Crippen molar-refractivity contribution in [3.63, 3.8) is 0 Å². The highest BCUT2D eigenvalue weighted by molar-refractivity contribution is 5.03. The zero-order valence-electron chi connectivity index (χ0n) is 9.03. The minimum Gasteiger partial charge on any atom is -0.310 e. The fraction of sp³-hybridized carbons (Fsp3) is 0.727. The molecule has 14 heavy (non-hydrogen) atoms. The first-order valence-corrected chi connectivity index (χ1v) is 5.46. The van der Waals surface area contributed by atoms with E-state index in [1.807, 2.05) is 17.9 Å². The van der Waals surface area contributed by atoms with Gasteiger partial charge < -0.3 is 5.32 Å². The molecule has 0 amide bonds. The van der Waals surface area contributed by atoms with Crippen LogP contribution in [0.4, 0.5) is 0 Å². The summed E-state index contributed by atoms with van der Waals surface area (Å²) in [6.07, 6.45) is 8.23. The van der Waals surface area contributed by atoms with Crippen molar-refractivity contribution in [2.24, 2.45) is 13.0 Å². The highest BCUT2D eigenvalue weighted by atomic mass is 15.2. The molecule has 0 aliphatic heterocycles. The van der Waals surface area contributed by atoms with Crippen molar-refractivity contribution in [1.29, 1.82) is 0 Å². The Balaban J connectivity index is 1.76. The number of aryl methyl sites for hydroxylation is 1. The number of hydrogen-bond acceptors (Lipinski definition) is 2.